The van der Waals surface area contributed by atoms with E-state index in [0.717, 1.165) is 5.56 Å². The summed E-state index contributed by atoms with van der Waals surface area (Å²) in [7, 11) is 0. The number of ether oxygens (including phenoxy) is 1. The summed E-state index contributed by atoms with van der Waals surface area (Å²) in [6.07, 6.45) is 0.219. The van der Waals surface area contributed by atoms with Gasteiger partial charge in [-0.3, -0.25) is 0 Å². The predicted octanol–water partition coefficient (Wildman–Crippen LogP) is 1.81. The third kappa shape index (κ3) is 3.52. The molecule has 0 aliphatic heterocycles. The lowest BCUT2D eigenvalue weighted by Gasteiger charge is -2.12. The van der Waals surface area contributed by atoms with E-state index < -0.39 is 6.10 Å². The van der Waals surface area contributed by atoms with Gasteiger partial charge < -0.3 is 10.1 Å². The zero-order chi connectivity index (χ0) is 16.1. The van der Waals surface area contributed by atoms with Gasteiger partial charge in [0.05, 0.1) is 0 Å². The third-order valence-electron chi connectivity index (χ3n) is 3.23. The molecule has 8 nitrogen and oxygen atoms in total. The minimum Gasteiger partial charge on any atom is -0.476 e. The standard InChI is InChI=1S/C15H15N7O/c1-2-12(9-16)23-13-5-3-4-11(8-13)10-17-14-6-7-15-18-20-21-22(15)19-14/h3-8,12H,2,10H2,1H3,(H,17,19). The molecule has 1 atom stereocenters. The summed E-state index contributed by atoms with van der Waals surface area (Å²) < 4.78 is 6.98. The molecule has 3 rings (SSSR count). The van der Waals surface area contributed by atoms with Crippen LogP contribution in [0.25, 0.3) is 5.65 Å². The number of nitriles is 1. The van der Waals surface area contributed by atoms with Crippen LogP contribution in [-0.4, -0.2) is 31.4 Å². The lowest BCUT2D eigenvalue weighted by Crippen LogP contribution is -2.12. The molecular formula is C15H15N7O. The van der Waals surface area contributed by atoms with Gasteiger partial charge in [0.15, 0.2) is 11.8 Å². The SMILES string of the molecule is CCC(C#N)Oc1cccc(CNc2ccc3nnnn3n2)c1. The minimum absolute atomic E-state index is 0.429. The molecule has 0 aliphatic carbocycles. The van der Waals surface area contributed by atoms with Crippen molar-refractivity contribution in [1.29, 1.82) is 5.26 Å². The maximum Gasteiger partial charge on any atom is 0.200 e. The molecule has 0 spiro atoms. The summed E-state index contributed by atoms with van der Waals surface area (Å²) >= 11 is 0. The molecule has 0 radical (unpaired) electrons. The number of nitrogens with zero attached hydrogens (tertiary/aromatic N) is 6. The quantitative estimate of drug-likeness (QED) is 0.741. The topological polar surface area (TPSA) is 101 Å². The average Bonchev–Trinajstić information content (AvgIpc) is 3.06. The highest BCUT2D eigenvalue weighted by Gasteiger charge is 2.06. The van der Waals surface area contributed by atoms with Crippen LogP contribution >= 0.6 is 0 Å². The van der Waals surface area contributed by atoms with E-state index in [-0.39, 0.29) is 0 Å². The zero-order valence-corrected chi connectivity index (χ0v) is 12.5. The third-order valence-corrected chi connectivity index (χ3v) is 3.23. The number of hydrogen-bond donors (Lipinski definition) is 1. The van der Waals surface area contributed by atoms with Crippen molar-refractivity contribution in [3.8, 4) is 11.8 Å². The van der Waals surface area contributed by atoms with Gasteiger partial charge in [-0.1, -0.05) is 19.1 Å². The Morgan fingerprint density at radius 3 is 3.09 bits per heavy atom. The first-order chi connectivity index (χ1) is 11.3. The Morgan fingerprint density at radius 2 is 2.26 bits per heavy atom. The van der Waals surface area contributed by atoms with Gasteiger partial charge in [-0.25, -0.2) is 0 Å². The Balaban J connectivity index is 1.66. The number of aromatic nitrogens is 5. The Labute approximate surface area is 132 Å². The van der Waals surface area contributed by atoms with Crippen molar-refractivity contribution in [2.24, 2.45) is 0 Å². The highest BCUT2D eigenvalue weighted by Crippen LogP contribution is 2.17. The first kappa shape index (κ1) is 14.7. The largest absolute Gasteiger partial charge is 0.476 e. The second-order valence-electron chi connectivity index (χ2n) is 4.89. The molecule has 0 bridgehead atoms. The molecule has 3 aromatic rings. The highest BCUT2D eigenvalue weighted by molar-refractivity contribution is 5.43. The van der Waals surface area contributed by atoms with E-state index in [1.165, 1.54) is 4.63 Å². The van der Waals surface area contributed by atoms with Gasteiger partial charge in [0, 0.05) is 6.54 Å². The fraction of sp³-hybridized carbons (Fsp3) is 0.267. The van der Waals surface area contributed by atoms with Crippen LogP contribution in [-0.2, 0) is 6.54 Å². The van der Waals surface area contributed by atoms with E-state index in [2.05, 4.69) is 32.0 Å². The van der Waals surface area contributed by atoms with Crippen LogP contribution in [0.15, 0.2) is 36.4 Å². The van der Waals surface area contributed by atoms with Gasteiger partial charge in [-0.15, -0.1) is 14.8 Å². The number of hydrogen-bond acceptors (Lipinski definition) is 7. The van der Waals surface area contributed by atoms with Gasteiger partial charge in [0.2, 0.25) is 0 Å². The number of rotatable bonds is 6. The van der Waals surface area contributed by atoms with Crippen molar-refractivity contribution in [3.63, 3.8) is 0 Å². The normalized spacial score (nSPS) is 11.8. The number of fused-ring (bicyclic) bond motifs is 1. The molecule has 2 aromatic heterocycles. The molecule has 8 heteroatoms. The van der Waals surface area contributed by atoms with Crippen LogP contribution in [0.3, 0.4) is 0 Å². The monoisotopic (exact) mass is 309 g/mol. The van der Waals surface area contributed by atoms with Gasteiger partial charge >= 0.3 is 0 Å². The Bertz CT molecular complexity index is 839. The highest BCUT2D eigenvalue weighted by atomic mass is 16.5. The Morgan fingerprint density at radius 1 is 1.35 bits per heavy atom. The maximum absolute atomic E-state index is 8.96. The summed E-state index contributed by atoms with van der Waals surface area (Å²) in [5.74, 6) is 1.35. The Hall–Kier alpha value is -3.21. The molecule has 2 heterocycles. The van der Waals surface area contributed by atoms with Gasteiger partial charge in [-0.05, 0) is 46.7 Å². The second-order valence-corrected chi connectivity index (χ2v) is 4.89. The van der Waals surface area contributed by atoms with Crippen molar-refractivity contribution >= 4 is 11.5 Å². The van der Waals surface area contributed by atoms with E-state index in [1.807, 2.05) is 37.3 Å². The van der Waals surface area contributed by atoms with Crippen LogP contribution < -0.4 is 10.1 Å². The molecule has 116 valence electrons. The van der Waals surface area contributed by atoms with Crippen LogP contribution in [0.1, 0.15) is 18.9 Å². The summed E-state index contributed by atoms with van der Waals surface area (Å²) in [6, 6.07) is 13.3. The van der Waals surface area contributed by atoms with E-state index >= 15 is 0 Å². The molecule has 0 saturated carbocycles. The molecule has 0 amide bonds. The van der Waals surface area contributed by atoms with Gasteiger partial charge in [0.1, 0.15) is 17.6 Å². The average molecular weight is 309 g/mol. The van der Waals surface area contributed by atoms with E-state index in [4.69, 9.17) is 10.00 Å². The summed E-state index contributed by atoms with van der Waals surface area (Å²) in [4.78, 5) is 0. The summed E-state index contributed by atoms with van der Waals surface area (Å²) in [6.45, 7) is 2.49. The first-order valence-corrected chi connectivity index (χ1v) is 7.23. The van der Waals surface area contributed by atoms with E-state index in [0.29, 0.717) is 30.2 Å². The molecule has 0 saturated heterocycles. The lowest BCUT2D eigenvalue weighted by atomic mass is 10.2. The van der Waals surface area contributed by atoms with E-state index in [9.17, 15) is 0 Å². The Kier molecular flexibility index (Phi) is 4.29. The van der Waals surface area contributed by atoms with Crippen molar-refractivity contribution in [2.45, 2.75) is 26.0 Å². The maximum atomic E-state index is 8.96. The van der Waals surface area contributed by atoms with Crippen molar-refractivity contribution < 1.29 is 4.74 Å². The summed E-state index contributed by atoms with van der Waals surface area (Å²) in [5, 5.41) is 27.5. The molecule has 1 aromatic carbocycles. The fourth-order valence-electron chi connectivity index (χ4n) is 2.03. The van der Waals surface area contributed by atoms with E-state index in [1.54, 1.807) is 6.07 Å². The van der Waals surface area contributed by atoms with Crippen molar-refractivity contribution in [2.75, 3.05) is 5.32 Å². The lowest BCUT2D eigenvalue weighted by molar-refractivity contribution is 0.251. The molecule has 23 heavy (non-hydrogen) atoms. The molecular weight excluding hydrogens is 294 g/mol. The van der Waals surface area contributed by atoms with Crippen LogP contribution in [0, 0.1) is 11.3 Å². The number of tetrazole rings is 1. The van der Waals surface area contributed by atoms with Crippen molar-refractivity contribution in [1.82, 2.24) is 25.3 Å². The molecule has 1 N–H and O–H groups in total. The zero-order valence-electron chi connectivity index (χ0n) is 12.5. The van der Waals surface area contributed by atoms with Crippen LogP contribution in [0.5, 0.6) is 5.75 Å². The van der Waals surface area contributed by atoms with Crippen molar-refractivity contribution in [3.05, 3.63) is 42.0 Å². The van der Waals surface area contributed by atoms with Crippen LogP contribution in [0.4, 0.5) is 5.82 Å². The second kappa shape index (κ2) is 6.70. The fourth-order valence-corrected chi connectivity index (χ4v) is 2.03. The van der Waals surface area contributed by atoms with Gasteiger partial charge in [-0.2, -0.15) is 5.26 Å². The van der Waals surface area contributed by atoms with Crippen LogP contribution in [0.2, 0.25) is 0 Å². The summed E-state index contributed by atoms with van der Waals surface area (Å²) in [5.41, 5.74) is 1.61. The minimum atomic E-state index is -0.429. The molecule has 0 aliphatic rings. The molecule has 1 unspecified atom stereocenters. The number of anilines is 1. The number of nitrogens with one attached hydrogen (secondary N) is 1. The number of benzene rings is 1. The molecule has 0 fully saturated rings. The predicted molar refractivity (Wildman–Crippen MR) is 82.7 cm³/mol. The smallest absolute Gasteiger partial charge is 0.200 e. The first-order valence-electron chi connectivity index (χ1n) is 7.23. The van der Waals surface area contributed by atoms with Gasteiger partial charge in [0.25, 0.3) is 0 Å².